The molecule has 0 fully saturated rings. The van der Waals surface area contributed by atoms with E-state index in [2.05, 4.69) is 146 Å². The second-order valence-electron chi connectivity index (χ2n) is 15.2. The summed E-state index contributed by atoms with van der Waals surface area (Å²) in [6.45, 7) is 4.28. The van der Waals surface area contributed by atoms with Crippen molar-refractivity contribution in [3.05, 3.63) is 193 Å². The van der Waals surface area contributed by atoms with Crippen LogP contribution < -0.4 is 0 Å². The van der Waals surface area contributed by atoms with E-state index in [0.29, 0.717) is 11.4 Å². The number of phenolic OH excluding ortho intramolecular Hbond substituents is 1. The van der Waals surface area contributed by atoms with Gasteiger partial charge in [0.1, 0.15) is 22.7 Å². The number of imidazole rings is 1. The molecule has 5 nitrogen and oxygen atoms in total. The summed E-state index contributed by atoms with van der Waals surface area (Å²) in [7, 11) is 0. The van der Waals surface area contributed by atoms with Gasteiger partial charge in [-0.1, -0.05) is 126 Å². The van der Waals surface area contributed by atoms with Crippen molar-refractivity contribution in [3.63, 3.8) is 0 Å². The Bertz CT molecular complexity index is 3420. The van der Waals surface area contributed by atoms with Gasteiger partial charge in [0.15, 0.2) is 0 Å². The smallest absolute Gasteiger partial charge is 0.148 e. The first-order valence-corrected chi connectivity index (χ1v) is 19.8. The van der Waals surface area contributed by atoms with E-state index in [4.69, 9.17) is 14.4 Å². The molecule has 8 aromatic carbocycles. The Morgan fingerprint density at radius 1 is 0.550 bits per heavy atom. The third kappa shape index (κ3) is 6.13. The molecule has 0 saturated heterocycles. The molecule has 3 heterocycles. The first kappa shape index (κ1) is 37.2. The molecular formula is C54H36N3O2Pt-. The SMILES string of the molecule is Cc1cc(C)c2ccc3c4ccnc(-c5[c-]c(-c6cc(-c7ccccc7)cc7c6nc(-c6ccccc6O)n7-c6ccccc6-c6ccccc6)ccc5)c4oc3c2c1.[Pt]. The molecule has 3 aromatic heterocycles. The molecule has 0 aliphatic rings. The number of fused-ring (bicyclic) bond motifs is 6. The number of benzene rings is 8. The fraction of sp³-hybridized carbons (Fsp3) is 0.0370. The van der Waals surface area contributed by atoms with Gasteiger partial charge in [0.05, 0.1) is 22.3 Å². The Morgan fingerprint density at radius 2 is 1.23 bits per heavy atom. The number of furan rings is 1. The minimum atomic E-state index is 0. The summed E-state index contributed by atoms with van der Waals surface area (Å²) in [5.41, 5.74) is 14.8. The Kier molecular flexibility index (Phi) is 9.27. The third-order valence-corrected chi connectivity index (χ3v) is 11.4. The van der Waals surface area contributed by atoms with Crippen LogP contribution in [0.3, 0.4) is 0 Å². The molecule has 0 spiro atoms. The standard InChI is InChI=1S/C54H36N3O2.Pt/c1-33-28-34(2)40-24-25-42-43-26-27-55-50(53(43)59-52(42)46(40)29-33)38-19-13-18-37(30-38)45-31-39(35-14-5-3-6-15-35)32-48-51(45)56-54(44-21-10-12-23-49(44)58)57(48)47-22-11-9-20-41(47)36-16-7-4-8-17-36;/h3-29,31-32,58H,1-2H3;/q-1;. The van der Waals surface area contributed by atoms with Crippen LogP contribution in [0.25, 0.3) is 105 Å². The number of phenols is 1. The molecule has 0 aliphatic carbocycles. The van der Waals surface area contributed by atoms with E-state index in [1.165, 1.54) is 16.5 Å². The molecule has 290 valence electrons. The van der Waals surface area contributed by atoms with Crippen molar-refractivity contribution in [2.45, 2.75) is 13.8 Å². The zero-order chi connectivity index (χ0) is 39.6. The van der Waals surface area contributed by atoms with Crippen LogP contribution in [0.4, 0.5) is 0 Å². The average Bonchev–Trinajstić information content (AvgIpc) is 3.86. The number of para-hydroxylation sites is 2. The second-order valence-corrected chi connectivity index (χ2v) is 15.2. The Labute approximate surface area is 361 Å². The van der Waals surface area contributed by atoms with Gasteiger partial charge in [0, 0.05) is 54.7 Å². The normalized spacial score (nSPS) is 11.4. The van der Waals surface area contributed by atoms with E-state index in [1.54, 1.807) is 6.07 Å². The predicted molar refractivity (Wildman–Crippen MR) is 241 cm³/mol. The van der Waals surface area contributed by atoms with Gasteiger partial charge in [-0.25, -0.2) is 4.98 Å². The van der Waals surface area contributed by atoms with Crippen molar-refractivity contribution in [1.82, 2.24) is 14.5 Å². The molecule has 0 radical (unpaired) electrons. The van der Waals surface area contributed by atoms with E-state index in [1.807, 2.05) is 48.7 Å². The molecule has 6 heteroatoms. The first-order valence-electron chi connectivity index (χ1n) is 19.8. The van der Waals surface area contributed by atoms with Crippen molar-refractivity contribution in [3.8, 4) is 67.5 Å². The van der Waals surface area contributed by atoms with Crippen LogP contribution in [-0.2, 0) is 21.1 Å². The molecule has 0 amide bonds. The summed E-state index contributed by atoms with van der Waals surface area (Å²) in [6, 6.07) is 61.8. The quantitative estimate of drug-likeness (QED) is 0.169. The van der Waals surface area contributed by atoms with E-state index >= 15 is 0 Å². The van der Waals surface area contributed by atoms with E-state index in [-0.39, 0.29) is 26.8 Å². The largest absolute Gasteiger partial charge is 0.507 e. The minimum Gasteiger partial charge on any atom is -0.507 e. The van der Waals surface area contributed by atoms with E-state index in [9.17, 15) is 5.11 Å². The van der Waals surface area contributed by atoms with Crippen LogP contribution in [0.5, 0.6) is 5.75 Å². The summed E-state index contributed by atoms with van der Waals surface area (Å²) in [5.74, 6) is 0.790. The molecule has 0 bridgehead atoms. The van der Waals surface area contributed by atoms with Crippen molar-refractivity contribution in [1.29, 1.82) is 0 Å². The zero-order valence-corrected chi connectivity index (χ0v) is 35.0. The summed E-state index contributed by atoms with van der Waals surface area (Å²) in [4.78, 5) is 10.4. The number of rotatable bonds is 6. The zero-order valence-electron chi connectivity index (χ0n) is 32.8. The number of hydrogen-bond donors (Lipinski definition) is 1. The van der Waals surface area contributed by atoms with E-state index in [0.717, 1.165) is 88.7 Å². The van der Waals surface area contributed by atoms with Crippen molar-refractivity contribution >= 4 is 43.7 Å². The molecular weight excluding hydrogens is 918 g/mol. The van der Waals surface area contributed by atoms with Gasteiger partial charge in [-0.15, -0.1) is 29.8 Å². The van der Waals surface area contributed by atoms with Gasteiger partial charge in [0.2, 0.25) is 0 Å². The average molecular weight is 954 g/mol. The van der Waals surface area contributed by atoms with E-state index < -0.39 is 0 Å². The fourth-order valence-corrected chi connectivity index (χ4v) is 8.72. The molecule has 0 atom stereocenters. The molecule has 0 saturated carbocycles. The maximum absolute atomic E-state index is 11.4. The molecule has 1 N–H and O–H groups in total. The van der Waals surface area contributed by atoms with Gasteiger partial charge < -0.3 is 9.52 Å². The number of hydrogen-bond acceptors (Lipinski definition) is 4. The third-order valence-electron chi connectivity index (χ3n) is 11.4. The fourth-order valence-electron chi connectivity index (χ4n) is 8.72. The van der Waals surface area contributed by atoms with Crippen LogP contribution in [0, 0.1) is 19.9 Å². The van der Waals surface area contributed by atoms with Crippen molar-refractivity contribution in [2.24, 2.45) is 0 Å². The number of aryl methyl sites for hydroxylation is 2. The van der Waals surface area contributed by atoms with Gasteiger partial charge in [-0.05, 0) is 84.0 Å². The predicted octanol–water partition coefficient (Wildman–Crippen LogP) is 13.9. The summed E-state index contributed by atoms with van der Waals surface area (Å²) < 4.78 is 9.00. The summed E-state index contributed by atoms with van der Waals surface area (Å²) in [6.07, 6.45) is 1.86. The van der Waals surface area contributed by atoms with Crippen LogP contribution in [-0.4, -0.2) is 19.6 Å². The molecule has 11 rings (SSSR count). The number of aromatic hydroxyl groups is 1. The van der Waals surface area contributed by atoms with Gasteiger partial charge in [-0.2, -0.15) is 0 Å². The first-order chi connectivity index (χ1) is 29.0. The Balaban J connectivity index is 0.00000433. The van der Waals surface area contributed by atoms with Crippen LogP contribution in [0.1, 0.15) is 11.1 Å². The monoisotopic (exact) mass is 953 g/mol. The van der Waals surface area contributed by atoms with Gasteiger partial charge >= 0.3 is 0 Å². The summed E-state index contributed by atoms with van der Waals surface area (Å²) >= 11 is 0. The molecule has 0 unspecified atom stereocenters. The van der Waals surface area contributed by atoms with Crippen LogP contribution in [0.2, 0.25) is 0 Å². The Morgan fingerprint density at radius 3 is 2.03 bits per heavy atom. The second kappa shape index (κ2) is 14.9. The van der Waals surface area contributed by atoms with Crippen molar-refractivity contribution in [2.75, 3.05) is 0 Å². The topological polar surface area (TPSA) is 64.1 Å². The Hall–Kier alpha value is -7.07. The van der Waals surface area contributed by atoms with Crippen LogP contribution >= 0.6 is 0 Å². The number of aromatic nitrogens is 3. The molecule has 60 heavy (non-hydrogen) atoms. The molecule has 11 aromatic rings. The van der Waals surface area contributed by atoms with Gasteiger partial charge in [-0.3, -0.25) is 9.55 Å². The van der Waals surface area contributed by atoms with Gasteiger partial charge in [0.25, 0.3) is 0 Å². The maximum atomic E-state index is 11.4. The number of pyridine rings is 1. The van der Waals surface area contributed by atoms with Crippen molar-refractivity contribution < 1.29 is 30.6 Å². The van der Waals surface area contributed by atoms with Crippen LogP contribution in [0.15, 0.2) is 180 Å². The molecule has 0 aliphatic heterocycles. The minimum absolute atomic E-state index is 0. The summed E-state index contributed by atoms with van der Waals surface area (Å²) in [5, 5.41) is 15.7. The maximum Gasteiger partial charge on any atom is 0.148 e. The number of nitrogens with zero attached hydrogens (tertiary/aromatic N) is 3.